The van der Waals surface area contributed by atoms with Crippen LogP contribution in [-0.4, -0.2) is 37.4 Å². The highest BCUT2D eigenvalue weighted by molar-refractivity contribution is 5.84. The Hall–Kier alpha value is -0.650. The lowest BCUT2D eigenvalue weighted by atomic mass is 9.98. The van der Waals surface area contributed by atoms with Crippen molar-refractivity contribution in [1.82, 2.24) is 0 Å². The first-order valence-electron chi connectivity index (χ1n) is 6.38. The second-order valence-corrected chi connectivity index (χ2v) is 5.27. The number of ether oxygens (including phenoxy) is 2. The third kappa shape index (κ3) is 3.18. The molecular formula is C12H22N2O3. The van der Waals surface area contributed by atoms with E-state index in [9.17, 15) is 4.79 Å². The summed E-state index contributed by atoms with van der Waals surface area (Å²) in [4.78, 5) is 11.2. The topological polar surface area (TPSA) is 87.6 Å². The van der Waals surface area contributed by atoms with Crippen molar-refractivity contribution in [3.05, 3.63) is 0 Å². The second-order valence-electron chi connectivity index (χ2n) is 5.27. The van der Waals surface area contributed by atoms with Gasteiger partial charge in [-0.1, -0.05) is 0 Å². The maximum absolute atomic E-state index is 11.2. The number of carbonyl (C=O) groups is 1. The summed E-state index contributed by atoms with van der Waals surface area (Å²) in [6, 6.07) is 0. The molecule has 0 aromatic rings. The van der Waals surface area contributed by atoms with Crippen LogP contribution in [0, 0.1) is 5.92 Å². The van der Waals surface area contributed by atoms with E-state index in [1.54, 1.807) is 0 Å². The molecule has 0 aromatic heterocycles. The van der Waals surface area contributed by atoms with Gasteiger partial charge in [0.2, 0.25) is 5.91 Å². The Bertz CT molecular complexity index is 279. The fraction of sp³-hybridized carbons (Fsp3) is 0.917. The zero-order valence-corrected chi connectivity index (χ0v) is 10.2. The molecule has 0 aromatic carbocycles. The van der Waals surface area contributed by atoms with Crippen LogP contribution < -0.4 is 11.5 Å². The molecule has 1 saturated heterocycles. The highest BCUT2D eigenvalue weighted by Crippen LogP contribution is 2.30. The normalized spacial score (nSPS) is 35.0. The number of carbonyl (C=O) groups excluding carboxylic acids is 1. The zero-order valence-electron chi connectivity index (χ0n) is 10.2. The Morgan fingerprint density at radius 2 is 2.06 bits per heavy atom. The Morgan fingerprint density at radius 3 is 2.65 bits per heavy atom. The molecule has 4 N–H and O–H groups in total. The highest BCUT2D eigenvalue weighted by atomic mass is 16.5. The van der Waals surface area contributed by atoms with Crippen LogP contribution >= 0.6 is 0 Å². The summed E-state index contributed by atoms with van der Waals surface area (Å²) in [5.74, 6) is 0.180. The minimum atomic E-state index is -0.847. The summed E-state index contributed by atoms with van der Waals surface area (Å²) in [6.45, 7) is 2.42. The first kappa shape index (κ1) is 12.8. The fourth-order valence-electron chi connectivity index (χ4n) is 2.58. The van der Waals surface area contributed by atoms with Gasteiger partial charge in [0, 0.05) is 26.2 Å². The van der Waals surface area contributed by atoms with Crippen LogP contribution in [0.15, 0.2) is 0 Å². The van der Waals surface area contributed by atoms with Gasteiger partial charge in [-0.15, -0.1) is 0 Å². The molecule has 1 amide bonds. The van der Waals surface area contributed by atoms with E-state index in [0.717, 1.165) is 39.1 Å². The van der Waals surface area contributed by atoms with Gasteiger partial charge in [0.25, 0.3) is 0 Å². The van der Waals surface area contributed by atoms with Crippen molar-refractivity contribution in [1.29, 1.82) is 0 Å². The van der Waals surface area contributed by atoms with Crippen molar-refractivity contribution in [3.8, 4) is 0 Å². The van der Waals surface area contributed by atoms with E-state index in [0.29, 0.717) is 18.8 Å². The number of nitrogens with two attached hydrogens (primary N) is 2. The average molecular weight is 242 g/mol. The molecule has 17 heavy (non-hydrogen) atoms. The van der Waals surface area contributed by atoms with Gasteiger partial charge in [-0.3, -0.25) is 4.79 Å². The number of primary amides is 1. The lowest BCUT2D eigenvalue weighted by Gasteiger charge is -2.24. The van der Waals surface area contributed by atoms with Crippen molar-refractivity contribution in [2.75, 3.05) is 19.8 Å². The van der Waals surface area contributed by atoms with E-state index in [1.165, 1.54) is 0 Å². The SMILES string of the molecule is NC(=O)C1(N)CCC(OCC2CCOCC2)C1. The quantitative estimate of drug-likeness (QED) is 0.735. The zero-order chi connectivity index (χ0) is 12.3. The van der Waals surface area contributed by atoms with Crippen LogP contribution in [0.5, 0.6) is 0 Å². The maximum atomic E-state index is 11.2. The molecule has 5 nitrogen and oxygen atoms in total. The monoisotopic (exact) mass is 242 g/mol. The van der Waals surface area contributed by atoms with Gasteiger partial charge in [-0.05, 0) is 31.6 Å². The predicted molar refractivity (Wildman–Crippen MR) is 63.2 cm³/mol. The van der Waals surface area contributed by atoms with Gasteiger partial charge < -0.3 is 20.9 Å². The van der Waals surface area contributed by atoms with Gasteiger partial charge in [-0.25, -0.2) is 0 Å². The van der Waals surface area contributed by atoms with Gasteiger partial charge in [0.05, 0.1) is 11.6 Å². The van der Waals surface area contributed by atoms with Crippen molar-refractivity contribution in [2.45, 2.75) is 43.7 Å². The summed E-state index contributed by atoms with van der Waals surface area (Å²) in [7, 11) is 0. The molecule has 5 heteroatoms. The molecule has 2 atom stereocenters. The molecule has 0 bridgehead atoms. The molecule has 1 aliphatic carbocycles. The van der Waals surface area contributed by atoms with Crippen LogP contribution in [0.4, 0.5) is 0 Å². The number of hydrogen-bond acceptors (Lipinski definition) is 4. The largest absolute Gasteiger partial charge is 0.381 e. The predicted octanol–water partition coefficient (Wildman–Crippen LogP) is 0.165. The molecular weight excluding hydrogens is 220 g/mol. The lowest BCUT2D eigenvalue weighted by molar-refractivity contribution is -0.123. The maximum Gasteiger partial charge on any atom is 0.237 e. The van der Waals surface area contributed by atoms with Crippen molar-refractivity contribution >= 4 is 5.91 Å². The first-order valence-corrected chi connectivity index (χ1v) is 6.38. The molecule has 2 unspecified atom stereocenters. The fourth-order valence-corrected chi connectivity index (χ4v) is 2.58. The molecule has 1 heterocycles. The van der Waals surface area contributed by atoms with E-state index in [-0.39, 0.29) is 6.10 Å². The van der Waals surface area contributed by atoms with Crippen LogP contribution in [0.2, 0.25) is 0 Å². The summed E-state index contributed by atoms with van der Waals surface area (Å²) < 4.78 is 11.1. The van der Waals surface area contributed by atoms with Crippen LogP contribution in [0.3, 0.4) is 0 Å². The van der Waals surface area contributed by atoms with E-state index >= 15 is 0 Å². The Morgan fingerprint density at radius 1 is 1.35 bits per heavy atom. The van der Waals surface area contributed by atoms with Gasteiger partial charge in [0.1, 0.15) is 0 Å². The summed E-state index contributed by atoms with van der Waals surface area (Å²) in [6.07, 6.45) is 4.26. The third-order valence-corrected chi connectivity index (χ3v) is 3.90. The van der Waals surface area contributed by atoms with Crippen LogP contribution in [-0.2, 0) is 14.3 Å². The molecule has 98 valence electrons. The van der Waals surface area contributed by atoms with Gasteiger partial charge in [0.15, 0.2) is 0 Å². The Labute approximate surface area is 102 Å². The van der Waals surface area contributed by atoms with Gasteiger partial charge in [-0.2, -0.15) is 0 Å². The van der Waals surface area contributed by atoms with Crippen LogP contribution in [0.25, 0.3) is 0 Å². The number of rotatable bonds is 4. The van der Waals surface area contributed by atoms with Crippen molar-refractivity contribution in [3.63, 3.8) is 0 Å². The summed E-state index contributed by atoms with van der Waals surface area (Å²) >= 11 is 0. The van der Waals surface area contributed by atoms with E-state index in [2.05, 4.69) is 0 Å². The van der Waals surface area contributed by atoms with Crippen LogP contribution in [0.1, 0.15) is 32.1 Å². The van der Waals surface area contributed by atoms with Gasteiger partial charge >= 0.3 is 0 Å². The molecule has 1 aliphatic heterocycles. The molecule has 2 rings (SSSR count). The molecule has 0 radical (unpaired) electrons. The smallest absolute Gasteiger partial charge is 0.237 e. The molecule has 1 saturated carbocycles. The number of amides is 1. The van der Waals surface area contributed by atoms with Crippen molar-refractivity contribution in [2.24, 2.45) is 17.4 Å². The highest BCUT2D eigenvalue weighted by Gasteiger charge is 2.41. The van der Waals surface area contributed by atoms with Crippen molar-refractivity contribution < 1.29 is 14.3 Å². The second kappa shape index (κ2) is 5.33. The molecule has 2 aliphatic rings. The molecule has 0 spiro atoms. The van der Waals surface area contributed by atoms with E-state index in [1.807, 2.05) is 0 Å². The minimum absolute atomic E-state index is 0.0929. The minimum Gasteiger partial charge on any atom is -0.381 e. The average Bonchev–Trinajstić information content (AvgIpc) is 2.72. The first-order chi connectivity index (χ1) is 8.10. The Balaban J connectivity index is 1.72. The lowest BCUT2D eigenvalue weighted by Crippen LogP contribution is -2.50. The van der Waals surface area contributed by atoms with E-state index in [4.69, 9.17) is 20.9 Å². The Kier molecular flexibility index (Phi) is 4.01. The number of hydrogen-bond donors (Lipinski definition) is 2. The third-order valence-electron chi connectivity index (χ3n) is 3.90. The van der Waals surface area contributed by atoms with E-state index < -0.39 is 11.4 Å². The summed E-state index contributed by atoms with van der Waals surface area (Å²) in [5, 5.41) is 0. The standard InChI is InChI=1S/C12H22N2O3/c13-11(15)12(14)4-1-10(7-12)17-8-9-2-5-16-6-3-9/h9-10H,1-8,14H2,(H2,13,15). The molecule has 2 fully saturated rings. The summed E-state index contributed by atoms with van der Waals surface area (Å²) in [5.41, 5.74) is 10.4.